The van der Waals surface area contributed by atoms with Crippen LogP contribution in [0.15, 0.2) is 54.7 Å². The van der Waals surface area contributed by atoms with E-state index in [9.17, 15) is 9.18 Å². The van der Waals surface area contributed by atoms with E-state index >= 15 is 0 Å². The van der Waals surface area contributed by atoms with Crippen LogP contribution < -0.4 is 10.1 Å². The molecule has 0 fully saturated rings. The number of halogens is 1. The van der Waals surface area contributed by atoms with Crippen molar-refractivity contribution in [1.29, 1.82) is 5.26 Å². The molecule has 7 heteroatoms. The van der Waals surface area contributed by atoms with Crippen molar-refractivity contribution >= 4 is 5.91 Å². The standard InChI is InChI=1S/C21H19FN4O2/c1-14(25-21(27)13-28-20-6-4-3-5-16(20)11-23)19-12-24-26(15(19)2)18-9-7-17(22)8-10-18/h3-10,12,14H,13H2,1-2H3,(H,25,27). The van der Waals surface area contributed by atoms with Gasteiger partial charge in [0.25, 0.3) is 5.91 Å². The SMILES string of the molecule is Cc1c(C(C)NC(=O)COc2ccccc2C#N)cnn1-c1ccc(F)cc1. The fraction of sp³-hybridized carbons (Fsp3) is 0.190. The molecule has 0 spiro atoms. The zero-order valence-electron chi connectivity index (χ0n) is 15.5. The molecule has 1 unspecified atom stereocenters. The number of amides is 1. The van der Waals surface area contributed by atoms with Crippen molar-refractivity contribution in [3.05, 3.63) is 77.4 Å². The number of benzene rings is 2. The number of hydrogen-bond acceptors (Lipinski definition) is 4. The molecule has 142 valence electrons. The number of carbonyl (C=O) groups excluding carboxylic acids is 1. The van der Waals surface area contributed by atoms with Crippen molar-refractivity contribution in [3.63, 3.8) is 0 Å². The molecule has 1 N–H and O–H groups in total. The summed E-state index contributed by atoms with van der Waals surface area (Å²) < 4.78 is 20.3. The zero-order valence-corrected chi connectivity index (χ0v) is 15.5. The molecule has 0 aliphatic heterocycles. The third kappa shape index (κ3) is 4.18. The highest BCUT2D eigenvalue weighted by Crippen LogP contribution is 2.21. The molecule has 1 aromatic heterocycles. The zero-order chi connectivity index (χ0) is 20.1. The number of rotatable bonds is 6. The van der Waals surface area contributed by atoms with E-state index in [1.165, 1.54) is 12.1 Å². The van der Waals surface area contributed by atoms with E-state index < -0.39 is 0 Å². The quantitative estimate of drug-likeness (QED) is 0.712. The van der Waals surface area contributed by atoms with Gasteiger partial charge in [0.1, 0.15) is 17.6 Å². The van der Waals surface area contributed by atoms with Gasteiger partial charge in [0, 0.05) is 11.3 Å². The van der Waals surface area contributed by atoms with Gasteiger partial charge in [-0.1, -0.05) is 12.1 Å². The van der Waals surface area contributed by atoms with E-state index in [1.54, 1.807) is 47.3 Å². The largest absolute Gasteiger partial charge is 0.482 e. The first-order valence-corrected chi connectivity index (χ1v) is 8.71. The molecule has 0 aliphatic carbocycles. The molecule has 6 nitrogen and oxygen atoms in total. The van der Waals surface area contributed by atoms with Gasteiger partial charge in [-0.15, -0.1) is 0 Å². The van der Waals surface area contributed by atoms with Gasteiger partial charge in [0.15, 0.2) is 6.61 Å². The summed E-state index contributed by atoms with van der Waals surface area (Å²) in [5, 5.41) is 16.3. The van der Waals surface area contributed by atoms with Gasteiger partial charge in [-0.3, -0.25) is 4.79 Å². The number of ether oxygens (including phenoxy) is 1. The van der Waals surface area contributed by atoms with Crippen molar-refractivity contribution in [2.75, 3.05) is 6.61 Å². The molecular weight excluding hydrogens is 359 g/mol. The molecule has 3 aromatic rings. The van der Waals surface area contributed by atoms with Crippen LogP contribution in [0.4, 0.5) is 4.39 Å². The van der Waals surface area contributed by atoms with Gasteiger partial charge in [-0.2, -0.15) is 10.4 Å². The average molecular weight is 378 g/mol. The van der Waals surface area contributed by atoms with Crippen LogP contribution in [-0.4, -0.2) is 22.3 Å². The summed E-state index contributed by atoms with van der Waals surface area (Å²) in [4.78, 5) is 12.2. The maximum Gasteiger partial charge on any atom is 0.258 e. The second kappa shape index (κ2) is 8.35. The van der Waals surface area contributed by atoms with Crippen LogP contribution in [0.25, 0.3) is 5.69 Å². The lowest BCUT2D eigenvalue weighted by molar-refractivity contribution is -0.123. The summed E-state index contributed by atoms with van der Waals surface area (Å²) in [5.41, 5.74) is 2.80. The Morgan fingerprint density at radius 2 is 2.00 bits per heavy atom. The molecule has 1 amide bonds. The second-order valence-corrected chi connectivity index (χ2v) is 6.26. The molecule has 0 saturated heterocycles. The predicted molar refractivity (Wildman–Crippen MR) is 101 cm³/mol. The van der Waals surface area contributed by atoms with Crippen molar-refractivity contribution in [2.45, 2.75) is 19.9 Å². The number of carbonyl (C=O) groups is 1. The highest BCUT2D eigenvalue weighted by atomic mass is 19.1. The number of aromatic nitrogens is 2. The Morgan fingerprint density at radius 3 is 2.71 bits per heavy atom. The summed E-state index contributed by atoms with van der Waals surface area (Å²) in [6, 6.07) is 14.5. The van der Waals surface area contributed by atoms with Crippen LogP contribution >= 0.6 is 0 Å². The van der Waals surface area contributed by atoms with E-state index in [4.69, 9.17) is 10.00 Å². The minimum absolute atomic E-state index is 0.200. The van der Waals surface area contributed by atoms with Crippen molar-refractivity contribution in [2.24, 2.45) is 0 Å². The van der Waals surface area contributed by atoms with Crippen LogP contribution in [0.1, 0.15) is 29.8 Å². The minimum Gasteiger partial charge on any atom is -0.482 e. The van der Waals surface area contributed by atoms with Crippen LogP contribution in [0.3, 0.4) is 0 Å². The third-order valence-electron chi connectivity index (χ3n) is 4.33. The van der Waals surface area contributed by atoms with E-state index in [2.05, 4.69) is 10.4 Å². The first kappa shape index (κ1) is 19.1. The van der Waals surface area contributed by atoms with E-state index in [1.807, 2.05) is 19.9 Å². The Bertz CT molecular complexity index is 1020. The molecule has 0 saturated carbocycles. The molecular formula is C21H19FN4O2. The van der Waals surface area contributed by atoms with Crippen LogP contribution in [0, 0.1) is 24.1 Å². The van der Waals surface area contributed by atoms with E-state index in [0.29, 0.717) is 11.3 Å². The monoisotopic (exact) mass is 378 g/mol. The molecule has 28 heavy (non-hydrogen) atoms. The number of para-hydroxylation sites is 1. The van der Waals surface area contributed by atoms with Crippen LogP contribution in [0.5, 0.6) is 5.75 Å². The molecule has 2 aromatic carbocycles. The summed E-state index contributed by atoms with van der Waals surface area (Å²) >= 11 is 0. The first-order valence-electron chi connectivity index (χ1n) is 8.71. The van der Waals surface area contributed by atoms with Gasteiger partial charge in [0.2, 0.25) is 0 Å². The van der Waals surface area contributed by atoms with Crippen molar-refractivity contribution in [3.8, 4) is 17.5 Å². The lowest BCUT2D eigenvalue weighted by Crippen LogP contribution is -2.31. The van der Waals surface area contributed by atoms with Gasteiger partial charge in [-0.05, 0) is 50.2 Å². The van der Waals surface area contributed by atoms with Crippen molar-refractivity contribution < 1.29 is 13.9 Å². The normalized spacial score (nSPS) is 11.5. The molecule has 0 aliphatic rings. The highest BCUT2D eigenvalue weighted by Gasteiger charge is 2.17. The predicted octanol–water partition coefficient (Wildman–Crippen LogP) is 3.45. The summed E-state index contributed by atoms with van der Waals surface area (Å²) in [5.74, 6) is -0.255. The maximum atomic E-state index is 13.1. The topological polar surface area (TPSA) is 79.9 Å². The molecule has 1 heterocycles. The lowest BCUT2D eigenvalue weighted by Gasteiger charge is -2.15. The third-order valence-corrected chi connectivity index (χ3v) is 4.33. The van der Waals surface area contributed by atoms with E-state index in [0.717, 1.165) is 16.9 Å². The summed E-state index contributed by atoms with van der Waals surface area (Å²) in [6.45, 7) is 3.53. The first-order chi connectivity index (χ1) is 13.5. The summed E-state index contributed by atoms with van der Waals surface area (Å²) in [6.07, 6.45) is 1.68. The fourth-order valence-electron chi connectivity index (χ4n) is 2.88. The van der Waals surface area contributed by atoms with E-state index in [-0.39, 0.29) is 24.4 Å². The number of nitrogens with zero attached hydrogens (tertiary/aromatic N) is 3. The molecule has 3 rings (SSSR count). The Kier molecular flexibility index (Phi) is 5.70. The van der Waals surface area contributed by atoms with Crippen LogP contribution in [0.2, 0.25) is 0 Å². The Labute approximate surface area is 162 Å². The molecule has 0 bridgehead atoms. The number of nitrogens with one attached hydrogen (secondary N) is 1. The Morgan fingerprint density at radius 1 is 1.29 bits per heavy atom. The maximum absolute atomic E-state index is 13.1. The second-order valence-electron chi connectivity index (χ2n) is 6.26. The highest BCUT2D eigenvalue weighted by molar-refractivity contribution is 5.78. The van der Waals surface area contributed by atoms with Gasteiger partial charge < -0.3 is 10.1 Å². The number of hydrogen-bond donors (Lipinski definition) is 1. The van der Waals surface area contributed by atoms with Crippen LogP contribution in [-0.2, 0) is 4.79 Å². The Balaban J connectivity index is 1.64. The molecule has 1 atom stereocenters. The van der Waals surface area contributed by atoms with Gasteiger partial charge in [-0.25, -0.2) is 9.07 Å². The summed E-state index contributed by atoms with van der Waals surface area (Å²) in [7, 11) is 0. The molecule has 0 radical (unpaired) electrons. The number of nitriles is 1. The van der Waals surface area contributed by atoms with Gasteiger partial charge in [0.05, 0.1) is 23.5 Å². The Hall–Kier alpha value is -3.66. The fourth-order valence-corrected chi connectivity index (χ4v) is 2.88. The van der Waals surface area contributed by atoms with Crippen molar-refractivity contribution in [1.82, 2.24) is 15.1 Å². The smallest absolute Gasteiger partial charge is 0.258 e. The average Bonchev–Trinajstić information content (AvgIpc) is 3.08. The minimum atomic E-state index is -0.313. The lowest BCUT2D eigenvalue weighted by atomic mass is 10.1. The van der Waals surface area contributed by atoms with Gasteiger partial charge >= 0.3 is 0 Å².